The molecule has 1 N–H and O–H groups in total. The molecule has 7 heteroatoms. The summed E-state index contributed by atoms with van der Waals surface area (Å²) in [6.45, 7) is 9.13. The van der Waals surface area contributed by atoms with E-state index >= 15 is 0 Å². The second-order valence-electron chi connectivity index (χ2n) is 7.84. The van der Waals surface area contributed by atoms with Crippen molar-refractivity contribution >= 4 is 34.6 Å². The van der Waals surface area contributed by atoms with Gasteiger partial charge in [-0.3, -0.25) is 9.59 Å². The number of fused-ring (bicyclic) bond motifs is 1. The number of hydrogen-bond acceptors (Lipinski definition) is 4. The van der Waals surface area contributed by atoms with Crippen molar-refractivity contribution in [1.29, 1.82) is 0 Å². The predicted octanol–water partition coefficient (Wildman–Crippen LogP) is 2.66. The molecule has 1 atom stereocenters. The van der Waals surface area contributed by atoms with E-state index in [1.54, 1.807) is 16.7 Å². The lowest BCUT2D eigenvalue weighted by molar-refractivity contribution is -0.144. The second-order valence-corrected chi connectivity index (χ2v) is 8.84. The fraction of sp³-hybridized carbons (Fsp3) is 0.550. The third-order valence-corrected chi connectivity index (χ3v) is 5.80. The van der Waals surface area contributed by atoms with Crippen LogP contribution in [-0.2, 0) is 22.6 Å². The van der Waals surface area contributed by atoms with E-state index in [4.69, 9.17) is 4.98 Å². The highest BCUT2D eigenvalue weighted by molar-refractivity contribution is 7.99. The average molecular weight is 389 g/mol. The Balaban J connectivity index is 1.62. The molecular weight excluding hydrogens is 360 g/mol. The lowest BCUT2D eigenvalue weighted by atomic mass is 9.94. The van der Waals surface area contributed by atoms with Gasteiger partial charge in [-0.05, 0) is 19.1 Å². The van der Waals surface area contributed by atoms with Crippen molar-refractivity contribution < 1.29 is 9.59 Å². The summed E-state index contributed by atoms with van der Waals surface area (Å²) in [4.78, 5) is 31.6. The summed E-state index contributed by atoms with van der Waals surface area (Å²) in [6.07, 6.45) is 0.668. The zero-order valence-corrected chi connectivity index (χ0v) is 17.3. The van der Waals surface area contributed by atoms with Gasteiger partial charge in [-0.1, -0.05) is 32.9 Å². The van der Waals surface area contributed by atoms with Gasteiger partial charge in [0.25, 0.3) is 0 Å². The SMILES string of the molecule is CCn1c(CCNC(=O)C2CSCN2C(=O)C(C)(C)C)nc2ccccc21. The second kappa shape index (κ2) is 7.92. The van der Waals surface area contributed by atoms with E-state index in [9.17, 15) is 9.59 Å². The first-order valence-corrected chi connectivity index (χ1v) is 10.6. The minimum atomic E-state index is -0.477. The normalized spacial score (nSPS) is 17.5. The predicted molar refractivity (Wildman–Crippen MR) is 110 cm³/mol. The van der Waals surface area contributed by atoms with Crippen LogP contribution in [0.5, 0.6) is 0 Å². The van der Waals surface area contributed by atoms with Gasteiger partial charge in [-0.15, -0.1) is 11.8 Å². The van der Waals surface area contributed by atoms with Gasteiger partial charge in [0.1, 0.15) is 11.9 Å². The van der Waals surface area contributed by atoms with Gasteiger partial charge in [0.05, 0.1) is 16.9 Å². The third-order valence-electron chi connectivity index (χ3n) is 4.79. The molecule has 2 heterocycles. The van der Waals surface area contributed by atoms with Crippen molar-refractivity contribution in [3.8, 4) is 0 Å². The Labute approximate surface area is 164 Å². The van der Waals surface area contributed by atoms with Crippen LogP contribution in [0.1, 0.15) is 33.5 Å². The van der Waals surface area contributed by atoms with Crippen molar-refractivity contribution in [3.05, 3.63) is 30.1 Å². The lowest BCUT2D eigenvalue weighted by Gasteiger charge is -2.29. The first-order valence-electron chi connectivity index (χ1n) is 9.43. The molecule has 1 aliphatic heterocycles. The number of hydrogen-bond donors (Lipinski definition) is 1. The standard InChI is InChI=1S/C20H28N4O2S/c1-5-23-15-9-7-6-8-14(15)22-17(23)10-11-21-18(25)16-12-27-13-24(16)19(26)20(2,3)4/h6-9,16H,5,10-13H2,1-4H3,(H,21,25). The monoisotopic (exact) mass is 388 g/mol. The Morgan fingerprint density at radius 3 is 2.74 bits per heavy atom. The fourth-order valence-electron chi connectivity index (χ4n) is 3.38. The van der Waals surface area contributed by atoms with Crippen LogP contribution in [0.15, 0.2) is 24.3 Å². The Bertz CT molecular complexity index is 840. The number of nitrogens with one attached hydrogen (secondary N) is 1. The van der Waals surface area contributed by atoms with Gasteiger partial charge in [0, 0.05) is 30.7 Å². The van der Waals surface area contributed by atoms with Gasteiger partial charge >= 0.3 is 0 Å². The van der Waals surface area contributed by atoms with Gasteiger partial charge in [0.2, 0.25) is 11.8 Å². The zero-order valence-electron chi connectivity index (χ0n) is 16.5. The molecule has 0 radical (unpaired) electrons. The number of carbonyl (C=O) groups excluding carboxylic acids is 2. The van der Waals surface area contributed by atoms with Crippen LogP contribution in [0.4, 0.5) is 0 Å². The van der Waals surface area contributed by atoms with Crippen molar-refractivity contribution in [2.75, 3.05) is 18.2 Å². The van der Waals surface area contributed by atoms with E-state index in [0.717, 1.165) is 23.4 Å². The maximum Gasteiger partial charge on any atom is 0.243 e. The first kappa shape index (κ1) is 19.7. The Morgan fingerprint density at radius 1 is 1.30 bits per heavy atom. The molecule has 0 spiro atoms. The van der Waals surface area contributed by atoms with Crippen molar-refractivity contribution in [1.82, 2.24) is 19.8 Å². The third kappa shape index (κ3) is 4.13. The van der Waals surface area contributed by atoms with Crippen LogP contribution in [0, 0.1) is 5.41 Å². The molecule has 1 fully saturated rings. The molecule has 1 unspecified atom stereocenters. The van der Waals surface area contributed by atoms with E-state index < -0.39 is 5.41 Å². The molecule has 3 rings (SSSR count). The topological polar surface area (TPSA) is 67.2 Å². The maximum absolute atomic E-state index is 12.7. The summed E-state index contributed by atoms with van der Waals surface area (Å²) in [5.41, 5.74) is 1.63. The van der Waals surface area contributed by atoms with E-state index in [2.05, 4.69) is 22.9 Å². The number of thioether (sulfide) groups is 1. The Morgan fingerprint density at radius 2 is 2.04 bits per heavy atom. The van der Waals surface area contributed by atoms with E-state index in [0.29, 0.717) is 24.6 Å². The first-order chi connectivity index (χ1) is 12.8. The quantitative estimate of drug-likeness (QED) is 0.855. The number of nitrogens with zero attached hydrogens (tertiary/aromatic N) is 3. The van der Waals surface area contributed by atoms with E-state index in [1.165, 1.54) is 0 Å². The van der Waals surface area contributed by atoms with Crippen molar-refractivity contribution in [2.45, 2.75) is 46.7 Å². The number of rotatable bonds is 5. The molecule has 2 amide bonds. The largest absolute Gasteiger partial charge is 0.354 e. The number of benzene rings is 1. The molecule has 1 aliphatic rings. The van der Waals surface area contributed by atoms with Crippen LogP contribution in [-0.4, -0.2) is 50.5 Å². The fourth-order valence-corrected chi connectivity index (χ4v) is 4.53. The van der Waals surface area contributed by atoms with Gasteiger partial charge in [-0.2, -0.15) is 0 Å². The molecular formula is C20H28N4O2S. The van der Waals surface area contributed by atoms with Crippen LogP contribution in [0.25, 0.3) is 11.0 Å². The molecule has 1 aromatic carbocycles. The van der Waals surface area contributed by atoms with E-state index in [-0.39, 0.29) is 17.9 Å². The number of aryl methyl sites for hydroxylation is 1. The molecule has 146 valence electrons. The van der Waals surface area contributed by atoms with E-state index in [1.807, 2.05) is 39.0 Å². The van der Waals surface area contributed by atoms with Crippen LogP contribution >= 0.6 is 11.8 Å². The molecule has 1 aromatic heterocycles. The highest BCUT2D eigenvalue weighted by atomic mass is 32.2. The lowest BCUT2D eigenvalue weighted by Crippen LogP contribution is -2.50. The molecule has 27 heavy (non-hydrogen) atoms. The Kier molecular flexibility index (Phi) is 5.79. The van der Waals surface area contributed by atoms with Gasteiger partial charge in [-0.25, -0.2) is 4.98 Å². The minimum absolute atomic E-state index is 0.0282. The van der Waals surface area contributed by atoms with Crippen molar-refractivity contribution in [3.63, 3.8) is 0 Å². The number of imidazole rings is 1. The Hall–Kier alpha value is -2.02. The summed E-state index contributed by atoms with van der Waals surface area (Å²) < 4.78 is 2.18. The molecule has 6 nitrogen and oxygen atoms in total. The average Bonchev–Trinajstić information content (AvgIpc) is 3.24. The van der Waals surface area contributed by atoms with Crippen LogP contribution < -0.4 is 5.32 Å². The summed E-state index contributed by atoms with van der Waals surface area (Å²) >= 11 is 1.63. The number of aromatic nitrogens is 2. The minimum Gasteiger partial charge on any atom is -0.354 e. The summed E-state index contributed by atoms with van der Waals surface area (Å²) in [5.74, 6) is 2.17. The molecule has 0 bridgehead atoms. The highest BCUT2D eigenvalue weighted by Crippen LogP contribution is 2.27. The molecule has 0 saturated carbocycles. The summed E-state index contributed by atoms with van der Waals surface area (Å²) in [7, 11) is 0. The number of para-hydroxylation sites is 2. The molecule has 1 saturated heterocycles. The van der Waals surface area contributed by atoms with Gasteiger partial charge in [0.15, 0.2) is 0 Å². The smallest absolute Gasteiger partial charge is 0.243 e. The van der Waals surface area contributed by atoms with Crippen LogP contribution in [0.2, 0.25) is 0 Å². The van der Waals surface area contributed by atoms with Crippen LogP contribution in [0.3, 0.4) is 0 Å². The number of carbonyl (C=O) groups is 2. The summed E-state index contributed by atoms with van der Waals surface area (Å²) in [6, 6.07) is 7.70. The molecule has 2 aromatic rings. The summed E-state index contributed by atoms with van der Waals surface area (Å²) in [5, 5.41) is 3.01. The maximum atomic E-state index is 12.7. The highest BCUT2D eigenvalue weighted by Gasteiger charge is 2.38. The number of amides is 2. The zero-order chi connectivity index (χ0) is 19.6. The van der Waals surface area contributed by atoms with Gasteiger partial charge < -0.3 is 14.8 Å². The molecule has 0 aliphatic carbocycles. The van der Waals surface area contributed by atoms with Crippen molar-refractivity contribution in [2.24, 2.45) is 5.41 Å².